The number of imidazole rings is 1. The first-order chi connectivity index (χ1) is 16.4. The number of carbonyl (C=O) groups excluding carboxylic acids is 1. The van der Waals surface area contributed by atoms with E-state index < -0.39 is 0 Å². The van der Waals surface area contributed by atoms with Crippen LogP contribution in [0.25, 0.3) is 11.0 Å². The van der Waals surface area contributed by atoms with E-state index in [-0.39, 0.29) is 11.9 Å². The number of nitrogens with zero attached hydrogens (tertiary/aromatic N) is 2. The number of hydrogen-bond donors (Lipinski definition) is 1. The number of ether oxygens (including phenoxy) is 1. The Hall–Kier alpha value is -2.83. The maximum Gasteiger partial charge on any atom is 0.251 e. The largest absolute Gasteiger partial charge is 0.494 e. The van der Waals surface area contributed by atoms with Crippen molar-refractivity contribution in [2.75, 3.05) is 6.61 Å². The van der Waals surface area contributed by atoms with Gasteiger partial charge in [-0.15, -0.1) is 0 Å². The standard InChI is InChI=1S/C27H27BrClN3O2/c1-18-17-22(13-14-23(18)29)34-16-6-5-15-32-25-8-4-3-7-24(25)31-26(32)19(2)30-27(33)20-9-11-21(28)12-10-20/h3-4,7-14,17,19H,5-6,15-16H2,1-2H3,(H,30,33). The number of unbranched alkanes of at least 4 members (excludes halogenated alkanes) is 1. The van der Waals surface area contributed by atoms with Crippen LogP contribution in [0.1, 0.15) is 47.6 Å². The predicted octanol–water partition coefficient (Wildman–Crippen LogP) is 7.11. The molecule has 0 aliphatic rings. The van der Waals surface area contributed by atoms with Crippen LogP contribution >= 0.6 is 27.5 Å². The van der Waals surface area contributed by atoms with Crippen LogP contribution in [-0.2, 0) is 6.54 Å². The second kappa shape index (κ2) is 11.1. The second-order valence-corrected chi connectivity index (χ2v) is 9.60. The van der Waals surface area contributed by atoms with Gasteiger partial charge in [0.15, 0.2) is 0 Å². The summed E-state index contributed by atoms with van der Waals surface area (Å²) in [6.07, 6.45) is 1.82. The van der Waals surface area contributed by atoms with Gasteiger partial charge in [0.1, 0.15) is 11.6 Å². The van der Waals surface area contributed by atoms with Crippen LogP contribution in [0.5, 0.6) is 5.75 Å². The van der Waals surface area contributed by atoms with Crippen molar-refractivity contribution in [1.29, 1.82) is 0 Å². The Labute approximate surface area is 213 Å². The van der Waals surface area contributed by atoms with Crippen LogP contribution < -0.4 is 10.1 Å². The van der Waals surface area contributed by atoms with Crippen LogP contribution in [0, 0.1) is 6.92 Å². The Kier molecular flexibility index (Phi) is 7.91. The molecule has 0 saturated heterocycles. The molecule has 0 spiro atoms. The number of aryl methyl sites for hydroxylation is 2. The summed E-state index contributed by atoms with van der Waals surface area (Å²) in [5.41, 5.74) is 3.62. The Bertz CT molecular complexity index is 1290. The van der Waals surface area contributed by atoms with E-state index in [1.165, 1.54) is 0 Å². The molecule has 1 aromatic heterocycles. The molecule has 34 heavy (non-hydrogen) atoms. The van der Waals surface area contributed by atoms with Gasteiger partial charge in [0.25, 0.3) is 5.91 Å². The van der Waals surface area contributed by atoms with Gasteiger partial charge >= 0.3 is 0 Å². The monoisotopic (exact) mass is 539 g/mol. The zero-order chi connectivity index (χ0) is 24.1. The molecule has 0 radical (unpaired) electrons. The highest BCUT2D eigenvalue weighted by atomic mass is 79.9. The first-order valence-corrected chi connectivity index (χ1v) is 12.5. The summed E-state index contributed by atoms with van der Waals surface area (Å²) in [5.74, 6) is 1.56. The number of nitrogens with one attached hydrogen (secondary N) is 1. The quantitative estimate of drug-likeness (QED) is 0.230. The van der Waals surface area contributed by atoms with Gasteiger partial charge in [-0.05, 0) is 86.8 Å². The predicted molar refractivity (Wildman–Crippen MR) is 141 cm³/mol. The molecule has 4 aromatic rings. The van der Waals surface area contributed by atoms with Crippen molar-refractivity contribution in [3.8, 4) is 5.75 Å². The molecular weight excluding hydrogens is 514 g/mol. The smallest absolute Gasteiger partial charge is 0.251 e. The second-order valence-electron chi connectivity index (χ2n) is 8.28. The van der Waals surface area contributed by atoms with Crippen molar-refractivity contribution in [3.63, 3.8) is 0 Å². The van der Waals surface area contributed by atoms with Gasteiger partial charge in [-0.1, -0.05) is 39.7 Å². The fourth-order valence-corrected chi connectivity index (χ4v) is 4.26. The van der Waals surface area contributed by atoms with E-state index in [0.717, 1.165) is 57.1 Å². The Morgan fingerprint density at radius 1 is 1.12 bits per heavy atom. The molecule has 0 fully saturated rings. The minimum Gasteiger partial charge on any atom is -0.494 e. The van der Waals surface area contributed by atoms with E-state index in [2.05, 4.69) is 31.9 Å². The van der Waals surface area contributed by atoms with Crippen LogP contribution in [0.15, 0.2) is 71.2 Å². The van der Waals surface area contributed by atoms with Crippen molar-refractivity contribution in [2.45, 2.75) is 39.3 Å². The van der Waals surface area contributed by atoms with E-state index in [9.17, 15) is 4.79 Å². The summed E-state index contributed by atoms with van der Waals surface area (Å²) in [4.78, 5) is 17.6. The van der Waals surface area contributed by atoms with Gasteiger partial charge in [0.05, 0.1) is 23.7 Å². The third-order valence-corrected chi connectivity index (χ3v) is 6.65. The highest BCUT2D eigenvalue weighted by Crippen LogP contribution is 2.23. The minimum atomic E-state index is -0.239. The average molecular weight is 541 g/mol. The van der Waals surface area contributed by atoms with Crippen molar-refractivity contribution in [2.24, 2.45) is 0 Å². The molecule has 1 unspecified atom stereocenters. The van der Waals surface area contributed by atoms with Crippen LogP contribution in [0.3, 0.4) is 0 Å². The van der Waals surface area contributed by atoms with Gasteiger partial charge in [-0.25, -0.2) is 4.98 Å². The molecule has 1 atom stereocenters. The lowest BCUT2D eigenvalue weighted by atomic mass is 10.2. The lowest BCUT2D eigenvalue weighted by Gasteiger charge is -2.17. The molecule has 3 aromatic carbocycles. The van der Waals surface area contributed by atoms with E-state index in [0.29, 0.717) is 12.2 Å². The molecular formula is C27H27BrClN3O2. The molecule has 0 bridgehead atoms. The maximum atomic E-state index is 12.8. The molecule has 0 aliphatic heterocycles. The van der Waals surface area contributed by atoms with E-state index in [1.807, 2.05) is 62.4 Å². The minimum absolute atomic E-state index is 0.120. The zero-order valence-electron chi connectivity index (χ0n) is 19.2. The summed E-state index contributed by atoms with van der Waals surface area (Å²) in [6, 6.07) is 20.9. The summed E-state index contributed by atoms with van der Waals surface area (Å²) >= 11 is 9.50. The number of aromatic nitrogens is 2. The van der Waals surface area contributed by atoms with Crippen LogP contribution in [0.2, 0.25) is 5.02 Å². The Morgan fingerprint density at radius 3 is 2.65 bits per heavy atom. The van der Waals surface area contributed by atoms with Crippen molar-refractivity contribution >= 4 is 44.5 Å². The van der Waals surface area contributed by atoms with E-state index in [4.69, 9.17) is 21.3 Å². The molecule has 1 N–H and O–H groups in total. The number of benzene rings is 3. The number of halogens is 2. The topological polar surface area (TPSA) is 56.1 Å². The third kappa shape index (κ3) is 5.80. The number of para-hydroxylation sites is 2. The molecule has 7 heteroatoms. The van der Waals surface area contributed by atoms with Gasteiger partial charge in [0.2, 0.25) is 0 Å². The fraction of sp³-hybridized carbons (Fsp3) is 0.259. The highest BCUT2D eigenvalue weighted by molar-refractivity contribution is 9.10. The first kappa shape index (κ1) is 24.3. The molecule has 176 valence electrons. The molecule has 0 aliphatic carbocycles. The van der Waals surface area contributed by atoms with E-state index >= 15 is 0 Å². The van der Waals surface area contributed by atoms with Crippen molar-refractivity contribution < 1.29 is 9.53 Å². The third-order valence-electron chi connectivity index (χ3n) is 5.70. The van der Waals surface area contributed by atoms with Gasteiger partial charge in [-0.3, -0.25) is 4.79 Å². The Morgan fingerprint density at radius 2 is 1.88 bits per heavy atom. The highest BCUT2D eigenvalue weighted by Gasteiger charge is 2.19. The normalized spacial score (nSPS) is 12.0. The summed E-state index contributed by atoms with van der Waals surface area (Å²) < 4.78 is 9.03. The number of hydrogen-bond acceptors (Lipinski definition) is 3. The van der Waals surface area contributed by atoms with Gasteiger partial charge in [0, 0.05) is 21.6 Å². The fourth-order valence-electron chi connectivity index (χ4n) is 3.87. The maximum absolute atomic E-state index is 12.8. The summed E-state index contributed by atoms with van der Waals surface area (Å²) in [6.45, 7) is 5.36. The first-order valence-electron chi connectivity index (χ1n) is 11.3. The molecule has 4 rings (SSSR count). The SMILES string of the molecule is Cc1cc(OCCCCn2c(C(C)NC(=O)c3ccc(Br)cc3)nc3ccccc32)ccc1Cl. The van der Waals surface area contributed by atoms with Gasteiger partial charge in [-0.2, -0.15) is 0 Å². The molecule has 1 amide bonds. The zero-order valence-corrected chi connectivity index (χ0v) is 21.6. The molecule has 0 saturated carbocycles. The molecule has 5 nitrogen and oxygen atoms in total. The average Bonchev–Trinajstić information content (AvgIpc) is 3.20. The number of amides is 1. The molecule has 1 heterocycles. The number of carbonyl (C=O) groups is 1. The lowest BCUT2D eigenvalue weighted by molar-refractivity contribution is 0.0937. The number of rotatable bonds is 9. The van der Waals surface area contributed by atoms with Gasteiger partial charge < -0.3 is 14.6 Å². The summed E-state index contributed by atoms with van der Waals surface area (Å²) in [7, 11) is 0. The Balaban J connectivity index is 1.41. The van der Waals surface area contributed by atoms with Crippen molar-refractivity contribution in [3.05, 3.63) is 93.2 Å². The van der Waals surface area contributed by atoms with E-state index in [1.54, 1.807) is 12.1 Å². The summed E-state index contributed by atoms with van der Waals surface area (Å²) in [5, 5.41) is 3.84. The number of fused-ring (bicyclic) bond motifs is 1. The van der Waals surface area contributed by atoms with Crippen LogP contribution in [-0.4, -0.2) is 22.1 Å². The van der Waals surface area contributed by atoms with Crippen LogP contribution in [0.4, 0.5) is 0 Å². The van der Waals surface area contributed by atoms with Crippen molar-refractivity contribution in [1.82, 2.24) is 14.9 Å². The lowest BCUT2D eigenvalue weighted by Crippen LogP contribution is -2.28.